The molecule has 0 unspecified atom stereocenters. The Bertz CT molecular complexity index is 941. The van der Waals surface area contributed by atoms with E-state index in [1.807, 2.05) is 36.6 Å². The summed E-state index contributed by atoms with van der Waals surface area (Å²) in [6.45, 7) is 3.34. The Hall–Kier alpha value is -2.22. The molecule has 5 nitrogen and oxygen atoms in total. The number of rotatable bonds is 10. The smallest absolute Gasteiger partial charge is 0.243 e. The number of benzene rings is 1. The van der Waals surface area contributed by atoms with Gasteiger partial charge >= 0.3 is 0 Å². The Morgan fingerprint density at radius 3 is 2.57 bits per heavy atom. The second-order valence-electron chi connectivity index (χ2n) is 6.35. The van der Waals surface area contributed by atoms with E-state index in [-0.39, 0.29) is 11.4 Å². The molecule has 0 fully saturated rings. The molecule has 0 saturated heterocycles. The quantitative estimate of drug-likeness (QED) is 0.493. The third-order valence-corrected chi connectivity index (χ3v) is 7.00. The average Bonchev–Trinajstić information content (AvgIpc) is 3.24. The van der Waals surface area contributed by atoms with Gasteiger partial charge in [-0.2, -0.15) is 4.31 Å². The summed E-state index contributed by atoms with van der Waals surface area (Å²) in [5.41, 5.74) is 0.861. The summed E-state index contributed by atoms with van der Waals surface area (Å²) >= 11 is 1.64. The number of sulfonamides is 1. The van der Waals surface area contributed by atoms with Crippen LogP contribution in [-0.4, -0.2) is 30.9 Å². The van der Waals surface area contributed by atoms with Crippen molar-refractivity contribution in [2.24, 2.45) is 0 Å². The van der Waals surface area contributed by atoms with Crippen molar-refractivity contribution < 1.29 is 13.2 Å². The van der Waals surface area contributed by atoms with Gasteiger partial charge in [0, 0.05) is 30.4 Å². The number of nitrogens with zero attached hydrogens (tertiary/aromatic N) is 2. The van der Waals surface area contributed by atoms with Gasteiger partial charge in [-0.3, -0.25) is 4.98 Å². The zero-order chi connectivity index (χ0) is 19.8. The highest BCUT2D eigenvalue weighted by Crippen LogP contribution is 2.22. The molecular weight excluding hydrogens is 392 g/mol. The normalized spacial score (nSPS) is 11.6. The van der Waals surface area contributed by atoms with Crippen LogP contribution in [0, 0.1) is 0 Å². The van der Waals surface area contributed by atoms with Crippen LogP contribution in [0.1, 0.15) is 23.8 Å². The lowest BCUT2D eigenvalue weighted by molar-refractivity contribution is 0.317. The van der Waals surface area contributed by atoms with Crippen molar-refractivity contribution in [2.75, 3.05) is 13.2 Å². The third kappa shape index (κ3) is 5.41. The Morgan fingerprint density at radius 1 is 1.11 bits per heavy atom. The van der Waals surface area contributed by atoms with Crippen molar-refractivity contribution in [3.05, 3.63) is 76.7 Å². The molecule has 28 heavy (non-hydrogen) atoms. The van der Waals surface area contributed by atoms with Crippen LogP contribution in [0.25, 0.3) is 0 Å². The molecule has 0 saturated carbocycles. The Balaban J connectivity index is 1.81. The third-order valence-electron chi connectivity index (χ3n) is 4.20. The van der Waals surface area contributed by atoms with E-state index in [0.29, 0.717) is 25.3 Å². The molecule has 0 N–H and O–H groups in total. The summed E-state index contributed by atoms with van der Waals surface area (Å²) in [4.78, 5) is 5.54. The molecular formula is C21H24N2O3S2. The van der Waals surface area contributed by atoms with Crippen molar-refractivity contribution in [3.63, 3.8) is 0 Å². The molecule has 3 aromatic rings. The molecule has 148 valence electrons. The maximum absolute atomic E-state index is 13.3. The zero-order valence-corrected chi connectivity index (χ0v) is 17.5. The van der Waals surface area contributed by atoms with Crippen LogP contribution < -0.4 is 4.74 Å². The highest BCUT2D eigenvalue weighted by atomic mass is 32.2. The van der Waals surface area contributed by atoms with Crippen molar-refractivity contribution in [1.82, 2.24) is 9.29 Å². The van der Waals surface area contributed by atoms with Gasteiger partial charge in [-0.25, -0.2) is 8.42 Å². The molecule has 0 aliphatic rings. The van der Waals surface area contributed by atoms with E-state index in [1.165, 1.54) is 4.31 Å². The maximum Gasteiger partial charge on any atom is 0.243 e. The lowest BCUT2D eigenvalue weighted by atomic mass is 10.3. The van der Waals surface area contributed by atoms with Crippen LogP contribution >= 0.6 is 11.3 Å². The second-order valence-corrected chi connectivity index (χ2v) is 9.32. The fraction of sp³-hybridized carbons (Fsp3) is 0.286. The van der Waals surface area contributed by atoms with Crippen LogP contribution in [0.3, 0.4) is 0 Å². The van der Waals surface area contributed by atoms with E-state index in [0.717, 1.165) is 16.9 Å². The largest absolute Gasteiger partial charge is 0.494 e. The van der Waals surface area contributed by atoms with E-state index in [9.17, 15) is 8.42 Å². The maximum atomic E-state index is 13.3. The van der Waals surface area contributed by atoms with Gasteiger partial charge in [0.2, 0.25) is 10.0 Å². The molecule has 0 spiro atoms. The van der Waals surface area contributed by atoms with E-state index in [1.54, 1.807) is 48.0 Å². The van der Waals surface area contributed by atoms with Gasteiger partial charge in [0.25, 0.3) is 0 Å². The minimum atomic E-state index is -3.64. The van der Waals surface area contributed by atoms with Crippen molar-refractivity contribution >= 4 is 21.4 Å². The number of hydrogen-bond donors (Lipinski definition) is 0. The highest BCUT2D eigenvalue weighted by Gasteiger charge is 2.25. The monoisotopic (exact) mass is 416 g/mol. The zero-order valence-electron chi connectivity index (χ0n) is 15.8. The van der Waals surface area contributed by atoms with Crippen molar-refractivity contribution in [3.8, 4) is 5.75 Å². The van der Waals surface area contributed by atoms with Gasteiger partial charge in [-0.1, -0.05) is 19.1 Å². The fourth-order valence-corrected chi connectivity index (χ4v) is 4.87. The average molecular weight is 417 g/mol. The molecule has 0 atom stereocenters. The first-order chi connectivity index (χ1) is 13.6. The minimum Gasteiger partial charge on any atom is -0.494 e. The lowest BCUT2D eigenvalue weighted by Crippen LogP contribution is -2.32. The molecule has 7 heteroatoms. The minimum absolute atomic E-state index is 0.270. The van der Waals surface area contributed by atoms with E-state index in [2.05, 4.69) is 4.98 Å². The molecule has 0 aliphatic heterocycles. The number of aromatic nitrogens is 1. The van der Waals surface area contributed by atoms with Crippen LogP contribution in [0.2, 0.25) is 0 Å². The van der Waals surface area contributed by atoms with Crippen molar-refractivity contribution in [1.29, 1.82) is 0 Å². The fourth-order valence-electron chi connectivity index (χ4n) is 2.75. The van der Waals surface area contributed by atoms with Crippen LogP contribution in [0.4, 0.5) is 0 Å². The van der Waals surface area contributed by atoms with Gasteiger partial charge in [-0.15, -0.1) is 11.3 Å². The van der Waals surface area contributed by atoms with Gasteiger partial charge in [0.05, 0.1) is 11.5 Å². The summed E-state index contributed by atoms with van der Waals surface area (Å²) < 4.78 is 33.7. The molecule has 2 aromatic heterocycles. The predicted molar refractivity (Wildman–Crippen MR) is 112 cm³/mol. The van der Waals surface area contributed by atoms with Gasteiger partial charge in [0.1, 0.15) is 5.75 Å². The molecule has 1 aromatic carbocycles. The van der Waals surface area contributed by atoms with Crippen LogP contribution in [0.15, 0.2) is 71.2 Å². The number of ether oxygens (including phenoxy) is 1. The Kier molecular flexibility index (Phi) is 7.19. The molecule has 3 rings (SSSR count). The van der Waals surface area contributed by atoms with Crippen LogP contribution in [0.5, 0.6) is 5.75 Å². The number of thiophene rings is 1. The lowest BCUT2D eigenvalue weighted by Gasteiger charge is -2.22. The first kappa shape index (κ1) is 20.5. The summed E-state index contributed by atoms with van der Waals surface area (Å²) in [6.07, 6.45) is 4.97. The second kappa shape index (κ2) is 9.82. The van der Waals surface area contributed by atoms with Crippen molar-refractivity contribution in [2.45, 2.75) is 31.2 Å². The standard InChI is InChI=1S/C21H24N2O3S2/c1-2-14-26-19-7-9-21(10-8-19)28(24,25)23(13-11-20-6-4-15-27-20)17-18-5-3-12-22-16-18/h3-10,12,15-16H,2,11,13-14,17H2,1H3. The van der Waals surface area contributed by atoms with Gasteiger partial charge < -0.3 is 4.74 Å². The van der Waals surface area contributed by atoms with E-state index >= 15 is 0 Å². The first-order valence-corrected chi connectivity index (χ1v) is 11.6. The molecule has 0 aliphatic carbocycles. The Morgan fingerprint density at radius 2 is 1.93 bits per heavy atom. The molecule has 2 heterocycles. The van der Waals surface area contributed by atoms with Crippen LogP contribution in [-0.2, 0) is 23.0 Å². The molecule has 0 bridgehead atoms. The number of pyridine rings is 1. The van der Waals surface area contributed by atoms with Gasteiger partial charge in [0.15, 0.2) is 0 Å². The number of hydrogen-bond acceptors (Lipinski definition) is 5. The van der Waals surface area contributed by atoms with E-state index in [4.69, 9.17) is 4.74 Å². The molecule has 0 amide bonds. The summed E-state index contributed by atoms with van der Waals surface area (Å²) in [5.74, 6) is 0.679. The predicted octanol–water partition coefficient (Wildman–Crippen LogP) is 4.37. The Labute approximate surface area is 170 Å². The SMILES string of the molecule is CCCOc1ccc(S(=O)(=O)N(CCc2cccs2)Cc2cccnc2)cc1. The first-order valence-electron chi connectivity index (χ1n) is 9.24. The topological polar surface area (TPSA) is 59.5 Å². The summed E-state index contributed by atoms with van der Waals surface area (Å²) in [5, 5.41) is 2.00. The van der Waals surface area contributed by atoms with Gasteiger partial charge in [-0.05, 0) is 60.2 Å². The molecule has 0 radical (unpaired) electrons. The van der Waals surface area contributed by atoms with E-state index < -0.39 is 10.0 Å². The summed E-state index contributed by atoms with van der Waals surface area (Å²) in [7, 11) is -3.64. The highest BCUT2D eigenvalue weighted by molar-refractivity contribution is 7.89. The summed E-state index contributed by atoms with van der Waals surface area (Å²) in [6, 6.07) is 14.4.